The third-order valence-electron chi connectivity index (χ3n) is 4.29. The van der Waals surface area contributed by atoms with Gasteiger partial charge in [-0.2, -0.15) is 0 Å². The first-order valence-electron chi connectivity index (χ1n) is 8.51. The van der Waals surface area contributed by atoms with E-state index in [1.807, 2.05) is 25.1 Å². The average molecular weight is 336 g/mol. The molecule has 0 radical (unpaired) electrons. The molecule has 0 bridgehead atoms. The first-order valence-corrected chi connectivity index (χ1v) is 8.51. The summed E-state index contributed by atoms with van der Waals surface area (Å²) in [6, 6.07) is 5.93. The number of hydrogen-bond donors (Lipinski definition) is 1. The van der Waals surface area contributed by atoms with Crippen molar-refractivity contribution >= 4 is 6.09 Å². The van der Waals surface area contributed by atoms with Crippen LogP contribution in [0, 0.1) is 13.8 Å². The second kappa shape index (κ2) is 8.89. The van der Waals surface area contributed by atoms with Gasteiger partial charge in [0.15, 0.2) is 0 Å². The summed E-state index contributed by atoms with van der Waals surface area (Å²) >= 11 is 0. The maximum atomic E-state index is 11.7. The number of piperazine rings is 1. The summed E-state index contributed by atoms with van der Waals surface area (Å²) in [5, 5.41) is 10.2. The van der Waals surface area contributed by atoms with Gasteiger partial charge in [0, 0.05) is 32.7 Å². The van der Waals surface area contributed by atoms with Crippen molar-refractivity contribution in [2.75, 3.05) is 45.9 Å². The molecule has 1 saturated heterocycles. The van der Waals surface area contributed by atoms with Gasteiger partial charge in [0.25, 0.3) is 0 Å². The summed E-state index contributed by atoms with van der Waals surface area (Å²) in [7, 11) is 0. The predicted molar refractivity (Wildman–Crippen MR) is 92.5 cm³/mol. The van der Waals surface area contributed by atoms with Crippen LogP contribution in [0.2, 0.25) is 0 Å². The molecule has 0 aromatic heterocycles. The van der Waals surface area contributed by atoms with Crippen LogP contribution in [-0.4, -0.2) is 73.0 Å². The maximum absolute atomic E-state index is 11.7. The molecule has 6 heteroatoms. The average Bonchev–Trinajstić information content (AvgIpc) is 2.57. The Kier molecular flexibility index (Phi) is 6.87. The maximum Gasteiger partial charge on any atom is 0.409 e. The number of aliphatic hydroxyl groups is 1. The van der Waals surface area contributed by atoms with E-state index in [0.29, 0.717) is 26.2 Å². The standard InChI is InChI=1S/C18H28N2O4/c1-4-23-18(22)20-9-7-19(8-10-20)12-16(21)13-24-17-6-5-14(2)15(3)11-17/h5-6,11,16,21H,4,7-10,12-13H2,1-3H3/t16-/m1/s1. The second-order valence-electron chi connectivity index (χ2n) is 6.20. The van der Waals surface area contributed by atoms with E-state index in [-0.39, 0.29) is 12.7 Å². The smallest absolute Gasteiger partial charge is 0.409 e. The van der Waals surface area contributed by atoms with E-state index in [2.05, 4.69) is 11.8 Å². The van der Waals surface area contributed by atoms with E-state index >= 15 is 0 Å². The van der Waals surface area contributed by atoms with E-state index < -0.39 is 6.10 Å². The highest BCUT2D eigenvalue weighted by atomic mass is 16.6. The molecule has 1 amide bonds. The fourth-order valence-electron chi connectivity index (χ4n) is 2.67. The van der Waals surface area contributed by atoms with Gasteiger partial charge in [-0.25, -0.2) is 4.79 Å². The van der Waals surface area contributed by atoms with E-state index in [1.54, 1.807) is 11.8 Å². The fraction of sp³-hybridized carbons (Fsp3) is 0.611. The van der Waals surface area contributed by atoms with Crippen molar-refractivity contribution in [3.63, 3.8) is 0 Å². The molecule has 2 rings (SSSR count). The lowest BCUT2D eigenvalue weighted by Gasteiger charge is -2.34. The zero-order valence-corrected chi connectivity index (χ0v) is 14.8. The summed E-state index contributed by atoms with van der Waals surface area (Å²) in [5.74, 6) is 0.782. The molecule has 1 fully saturated rings. The van der Waals surface area contributed by atoms with Gasteiger partial charge >= 0.3 is 6.09 Å². The molecule has 1 aromatic rings. The van der Waals surface area contributed by atoms with Crippen LogP contribution in [0.25, 0.3) is 0 Å². The van der Waals surface area contributed by atoms with Crippen molar-refractivity contribution in [1.82, 2.24) is 9.80 Å². The molecule has 6 nitrogen and oxygen atoms in total. The Hall–Kier alpha value is -1.79. The summed E-state index contributed by atoms with van der Waals surface area (Å²) in [6.07, 6.45) is -0.809. The van der Waals surface area contributed by atoms with Gasteiger partial charge in [-0.3, -0.25) is 4.90 Å². The minimum Gasteiger partial charge on any atom is -0.491 e. The van der Waals surface area contributed by atoms with Crippen molar-refractivity contribution in [3.05, 3.63) is 29.3 Å². The first-order chi connectivity index (χ1) is 11.5. The third kappa shape index (κ3) is 5.39. The van der Waals surface area contributed by atoms with Crippen molar-refractivity contribution < 1.29 is 19.4 Å². The van der Waals surface area contributed by atoms with E-state index in [4.69, 9.17) is 9.47 Å². The molecule has 1 heterocycles. The van der Waals surface area contributed by atoms with Crippen LogP contribution in [0.1, 0.15) is 18.1 Å². The lowest BCUT2D eigenvalue weighted by atomic mass is 10.1. The number of aryl methyl sites for hydroxylation is 2. The lowest BCUT2D eigenvalue weighted by molar-refractivity contribution is 0.0407. The third-order valence-corrected chi connectivity index (χ3v) is 4.29. The number of β-amino-alcohol motifs (C(OH)–C–C–N with tert-alkyl or cyclic N) is 1. The molecule has 1 atom stereocenters. The van der Waals surface area contributed by atoms with Crippen LogP contribution in [0.3, 0.4) is 0 Å². The Labute approximate surface area is 144 Å². The topological polar surface area (TPSA) is 62.2 Å². The molecule has 1 aromatic carbocycles. The Balaban J connectivity index is 1.70. The van der Waals surface area contributed by atoms with Gasteiger partial charge in [0.05, 0.1) is 6.61 Å². The minimum absolute atomic E-state index is 0.254. The summed E-state index contributed by atoms with van der Waals surface area (Å²) in [6.45, 7) is 9.84. The van der Waals surface area contributed by atoms with Crippen LogP contribution in [0.5, 0.6) is 5.75 Å². The number of hydrogen-bond acceptors (Lipinski definition) is 5. The van der Waals surface area contributed by atoms with Gasteiger partial charge in [0.2, 0.25) is 0 Å². The number of benzene rings is 1. The number of aliphatic hydroxyl groups excluding tert-OH is 1. The normalized spacial score (nSPS) is 16.8. The van der Waals surface area contributed by atoms with E-state index in [1.165, 1.54) is 11.1 Å². The lowest BCUT2D eigenvalue weighted by Crippen LogP contribution is -2.51. The highest BCUT2D eigenvalue weighted by Gasteiger charge is 2.23. The fourth-order valence-corrected chi connectivity index (χ4v) is 2.67. The zero-order valence-electron chi connectivity index (χ0n) is 14.8. The molecule has 134 valence electrons. The number of nitrogens with zero attached hydrogens (tertiary/aromatic N) is 2. The Morgan fingerprint density at radius 1 is 1.21 bits per heavy atom. The van der Waals surface area contributed by atoms with Crippen LogP contribution in [0.4, 0.5) is 4.79 Å². The Morgan fingerprint density at radius 2 is 1.92 bits per heavy atom. The largest absolute Gasteiger partial charge is 0.491 e. The van der Waals surface area contributed by atoms with Crippen molar-refractivity contribution in [1.29, 1.82) is 0 Å². The number of carbonyl (C=O) groups is 1. The van der Waals surface area contributed by atoms with Gasteiger partial charge in [0.1, 0.15) is 18.5 Å². The molecule has 1 aliphatic heterocycles. The number of ether oxygens (including phenoxy) is 2. The van der Waals surface area contributed by atoms with Crippen LogP contribution in [0.15, 0.2) is 18.2 Å². The van der Waals surface area contributed by atoms with Gasteiger partial charge < -0.3 is 19.5 Å². The molecule has 1 N–H and O–H groups in total. The van der Waals surface area contributed by atoms with Crippen LogP contribution >= 0.6 is 0 Å². The van der Waals surface area contributed by atoms with E-state index in [0.717, 1.165) is 18.8 Å². The Morgan fingerprint density at radius 3 is 2.54 bits per heavy atom. The van der Waals surface area contributed by atoms with Crippen molar-refractivity contribution in [2.24, 2.45) is 0 Å². The summed E-state index contributed by atoms with van der Waals surface area (Å²) in [5.41, 5.74) is 2.40. The van der Waals surface area contributed by atoms with Crippen LogP contribution in [-0.2, 0) is 4.74 Å². The number of carbonyl (C=O) groups excluding carboxylic acids is 1. The summed E-state index contributed by atoms with van der Waals surface area (Å²) < 4.78 is 10.7. The molecular formula is C18H28N2O4. The Bertz CT molecular complexity index is 542. The van der Waals surface area contributed by atoms with Crippen LogP contribution < -0.4 is 4.74 Å². The minimum atomic E-state index is -0.555. The first kappa shape index (κ1) is 18.5. The van der Waals surface area contributed by atoms with Gasteiger partial charge in [-0.05, 0) is 44.0 Å². The van der Waals surface area contributed by atoms with Gasteiger partial charge in [-0.1, -0.05) is 6.07 Å². The van der Waals surface area contributed by atoms with Crippen molar-refractivity contribution in [2.45, 2.75) is 26.9 Å². The summed E-state index contributed by atoms with van der Waals surface area (Å²) in [4.78, 5) is 15.5. The highest BCUT2D eigenvalue weighted by molar-refractivity contribution is 5.67. The molecule has 24 heavy (non-hydrogen) atoms. The molecule has 0 unspecified atom stereocenters. The number of amides is 1. The zero-order chi connectivity index (χ0) is 17.5. The molecular weight excluding hydrogens is 308 g/mol. The SMILES string of the molecule is CCOC(=O)N1CCN(C[C@@H](O)COc2ccc(C)c(C)c2)CC1. The predicted octanol–water partition coefficient (Wildman–Crippen LogP) is 1.82. The molecule has 0 spiro atoms. The number of rotatable bonds is 6. The van der Waals surface area contributed by atoms with E-state index in [9.17, 15) is 9.90 Å². The molecule has 0 saturated carbocycles. The monoisotopic (exact) mass is 336 g/mol. The molecule has 1 aliphatic rings. The highest BCUT2D eigenvalue weighted by Crippen LogP contribution is 2.16. The molecule has 0 aliphatic carbocycles. The van der Waals surface area contributed by atoms with Crippen molar-refractivity contribution in [3.8, 4) is 5.75 Å². The van der Waals surface area contributed by atoms with Gasteiger partial charge in [-0.15, -0.1) is 0 Å². The quantitative estimate of drug-likeness (QED) is 0.858. The second-order valence-corrected chi connectivity index (χ2v) is 6.20.